The highest BCUT2D eigenvalue weighted by Gasteiger charge is 2.33. The minimum Gasteiger partial charge on any atom is -0.478 e. The van der Waals surface area contributed by atoms with E-state index in [4.69, 9.17) is 33.0 Å². The van der Waals surface area contributed by atoms with E-state index in [1.54, 1.807) is 0 Å². The maximum absolute atomic E-state index is 12.9. The van der Waals surface area contributed by atoms with Gasteiger partial charge in [0.25, 0.3) is 0 Å². The molecule has 0 saturated heterocycles. The number of alkyl carbamates (subject to hydrolysis) is 1. The molecule has 9 heteroatoms. The van der Waals surface area contributed by atoms with Crippen molar-refractivity contribution >= 4 is 46.9 Å². The molecule has 4 rings (SSSR count). The lowest BCUT2D eigenvalue weighted by molar-refractivity contribution is -0.121. The summed E-state index contributed by atoms with van der Waals surface area (Å²) in [6, 6.07) is 18.3. The van der Waals surface area contributed by atoms with Gasteiger partial charge in [0.2, 0.25) is 5.91 Å². The van der Waals surface area contributed by atoms with Crippen molar-refractivity contribution in [1.29, 1.82) is 0 Å². The van der Waals surface area contributed by atoms with Crippen molar-refractivity contribution in [3.05, 3.63) is 87.4 Å². The minimum atomic E-state index is -1.39. The summed E-state index contributed by atoms with van der Waals surface area (Å²) in [5.41, 5.74) is 2.92. The van der Waals surface area contributed by atoms with Gasteiger partial charge in [-0.2, -0.15) is 0 Å². The van der Waals surface area contributed by atoms with E-state index < -0.39 is 23.5 Å². The van der Waals surface area contributed by atoms with Crippen molar-refractivity contribution < 1.29 is 24.2 Å². The van der Waals surface area contributed by atoms with Gasteiger partial charge in [-0.25, -0.2) is 9.59 Å². The van der Waals surface area contributed by atoms with Gasteiger partial charge in [-0.15, -0.1) is 0 Å². The lowest BCUT2D eigenvalue weighted by Crippen LogP contribution is -2.52. The molecule has 0 aromatic heterocycles. The van der Waals surface area contributed by atoms with Crippen LogP contribution < -0.4 is 10.6 Å². The first-order valence-electron chi connectivity index (χ1n) is 10.8. The molecule has 1 aliphatic carbocycles. The predicted octanol–water partition coefficient (Wildman–Crippen LogP) is 5.95. The molecule has 0 saturated carbocycles. The van der Waals surface area contributed by atoms with Crippen LogP contribution in [0.1, 0.15) is 41.3 Å². The number of fused-ring (bicyclic) bond motifs is 3. The van der Waals surface area contributed by atoms with E-state index in [0.717, 1.165) is 22.3 Å². The molecule has 3 aromatic rings. The van der Waals surface area contributed by atoms with E-state index in [9.17, 15) is 14.4 Å². The normalized spacial score (nSPS) is 12.5. The number of nitrogens with one attached hydrogen (secondary N) is 2. The van der Waals surface area contributed by atoms with E-state index in [1.165, 1.54) is 26.0 Å². The van der Waals surface area contributed by atoms with Crippen LogP contribution in [0.15, 0.2) is 60.7 Å². The quantitative estimate of drug-likeness (QED) is 0.378. The van der Waals surface area contributed by atoms with Gasteiger partial charge in [0.15, 0.2) is 0 Å². The topological polar surface area (TPSA) is 105 Å². The first-order valence-corrected chi connectivity index (χ1v) is 11.5. The van der Waals surface area contributed by atoms with Crippen LogP contribution in [0, 0.1) is 0 Å². The van der Waals surface area contributed by atoms with Crippen LogP contribution in [0.2, 0.25) is 10.0 Å². The SMILES string of the molecule is CC(C)(NC(=O)OCC1c2ccccc2-c2ccccc21)C(=O)Nc1c(Cl)cc(C(=O)O)cc1Cl. The molecule has 35 heavy (non-hydrogen) atoms. The molecular formula is C26H22Cl2N2O5. The maximum atomic E-state index is 12.9. The number of amides is 2. The van der Waals surface area contributed by atoms with Crippen LogP contribution in [0.4, 0.5) is 10.5 Å². The zero-order valence-electron chi connectivity index (χ0n) is 18.9. The number of hydrogen-bond donors (Lipinski definition) is 3. The molecule has 0 bridgehead atoms. The highest BCUT2D eigenvalue weighted by Crippen LogP contribution is 2.44. The number of halogens is 2. The van der Waals surface area contributed by atoms with Gasteiger partial charge in [0.1, 0.15) is 12.1 Å². The van der Waals surface area contributed by atoms with Gasteiger partial charge >= 0.3 is 12.1 Å². The molecule has 0 radical (unpaired) electrons. The Hall–Kier alpha value is -3.55. The van der Waals surface area contributed by atoms with E-state index in [1.807, 2.05) is 48.5 Å². The van der Waals surface area contributed by atoms with E-state index in [0.29, 0.717) is 0 Å². The zero-order valence-corrected chi connectivity index (χ0v) is 20.4. The van der Waals surface area contributed by atoms with Crippen LogP contribution in [-0.2, 0) is 9.53 Å². The van der Waals surface area contributed by atoms with Crippen molar-refractivity contribution in [2.24, 2.45) is 0 Å². The highest BCUT2D eigenvalue weighted by atomic mass is 35.5. The fraction of sp³-hybridized carbons (Fsp3) is 0.192. The Morgan fingerprint density at radius 2 is 1.46 bits per heavy atom. The monoisotopic (exact) mass is 512 g/mol. The first kappa shape index (κ1) is 24.6. The number of carboxylic acids is 1. The predicted molar refractivity (Wildman–Crippen MR) is 134 cm³/mol. The summed E-state index contributed by atoms with van der Waals surface area (Å²) >= 11 is 12.2. The third-order valence-electron chi connectivity index (χ3n) is 5.85. The largest absolute Gasteiger partial charge is 0.478 e. The van der Waals surface area contributed by atoms with E-state index in [-0.39, 0.29) is 33.8 Å². The van der Waals surface area contributed by atoms with Crippen molar-refractivity contribution in [2.45, 2.75) is 25.3 Å². The van der Waals surface area contributed by atoms with Crippen molar-refractivity contribution in [2.75, 3.05) is 11.9 Å². The fourth-order valence-electron chi connectivity index (χ4n) is 4.03. The third-order valence-corrected chi connectivity index (χ3v) is 6.45. The van der Waals surface area contributed by atoms with Gasteiger partial charge in [-0.05, 0) is 48.2 Å². The summed E-state index contributed by atoms with van der Waals surface area (Å²) in [5, 5.41) is 14.1. The molecular weight excluding hydrogens is 491 g/mol. The first-order chi connectivity index (χ1) is 16.6. The van der Waals surface area contributed by atoms with E-state index >= 15 is 0 Å². The molecule has 0 heterocycles. The molecule has 3 aromatic carbocycles. The van der Waals surface area contributed by atoms with Crippen LogP contribution in [-0.4, -0.2) is 35.2 Å². The summed E-state index contributed by atoms with van der Waals surface area (Å²) in [5.74, 6) is -1.93. The fourth-order valence-corrected chi connectivity index (χ4v) is 4.61. The number of hydrogen-bond acceptors (Lipinski definition) is 4. The van der Waals surface area contributed by atoms with Crippen LogP contribution in [0.3, 0.4) is 0 Å². The Bertz CT molecular complexity index is 1270. The minimum absolute atomic E-state index is 0.0415. The van der Waals surface area contributed by atoms with Gasteiger partial charge in [0.05, 0.1) is 21.3 Å². The van der Waals surface area contributed by atoms with E-state index in [2.05, 4.69) is 10.6 Å². The Morgan fingerprint density at radius 3 is 1.97 bits per heavy atom. The number of ether oxygens (including phenoxy) is 1. The van der Waals surface area contributed by atoms with Gasteiger partial charge < -0.3 is 20.5 Å². The van der Waals surface area contributed by atoms with Crippen LogP contribution >= 0.6 is 23.2 Å². The molecule has 0 unspecified atom stereocenters. The number of carboxylic acid groups (broad SMARTS) is 1. The summed E-state index contributed by atoms with van der Waals surface area (Å²) < 4.78 is 5.52. The molecule has 2 amide bonds. The molecule has 3 N–H and O–H groups in total. The second-order valence-corrected chi connectivity index (χ2v) is 9.46. The smallest absolute Gasteiger partial charge is 0.408 e. The summed E-state index contributed by atoms with van der Waals surface area (Å²) in [6.07, 6.45) is -0.759. The molecule has 7 nitrogen and oxygen atoms in total. The molecule has 0 atom stereocenters. The Kier molecular flexibility index (Phi) is 6.74. The standard InChI is InChI=1S/C26H22Cl2N2O5/c1-26(2,24(33)29-22-20(27)11-14(23(31)32)12-21(22)28)30-25(34)35-13-19-17-9-5-3-7-15(17)16-8-4-6-10-18(16)19/h3-12,19H,13H2,1-2H3,(H,29,33)(H,30,34)(H,31,32). The van der Waals surface area contributed by atoms with Crippen molar-refractivity contribution in [1.82, 2.24) is 5.32 Å². The second-order valence-electron chi connectivity index (χ2n) is 8.65. The Morgan fingerprint density at radius 1 is 0.943 bits per heavy atom. The molecule has 0 aliphatic heterocycles. The molecule has 0 spiro atoms. The number of carbonyl (C=O) groups is 3. The number of aromatic carboxylic acids is 1. The molecule has 1 aliphatic rings. The van der Waals surface area contributed by atoms with Crippen LogP contribution in [0.25, 0.3) is 11.1 Å². The summed E-state index contributed by atoms with van der Waals surface area (Å²) in [4.78, 5) is 36.6. The summed E-state index contributed by atoms with van der Waals surface area (Å²) in [7, 11) is 0. The Labute approximate surface area is 212 Å². The Balaban J connectivity index is 1.42. The number of anilines is 1. The number of carbonyl (C=O) groups excluding carboxylic acids is 2. The lowest BCUT2D eigenvalue weighted by atomic mass is 9.98. The average molecular weight is 513 g/mol. The zero-order chi connectivity index (χ0) is 25.3. The molecule has 0 fully saturated rings. The van der Waals surface area contributed by atoms with Crippen LogP contribution in [0.5, 0.6) is 0 Å². The van der Waals surface area contributed by atoms with Crippen molar-refractivity contribution in [3.8, 4) is 11.1 Å². The van der Waals surface area contributed by atoms with Crippen molar-refractivity contribution in [3.63, 3.8) is 0 Å². The summed E-state index contributed by atoms with van der Waals surface area (Å²) in [6.45, 7) is 3.10. The second kappa shape index (κ2) is 9.60. The maximum Gasteiger partial charge on any atom is 0.408 e. The highest BCUT2D eigenvalue weighted by molar-refractivity contribution is 6.40. The lowest BCUT2D eigenvalue weighted by Gasteiger charge is -2.26. The third kappa shape index (κ3) is 4.97. The number of rotatable bonds is 6. The van der Waals surface area contributed by atoms with Gasteiger partial charge in [0, 0.05) is 5.92 Å². The molecule has 180 valence electrons. The van der Waals surface area contributed by atoms with Gasteiger partial charge in [-0.1, -0.05) is 71.7 Å². The number of benzene rings is 3. The average Bonchev–Trinajstić information content (AvgIpc) is 3.13. The van der Waals surface area contributed by atoms with Gasteiger partial charge in [-0.3, -0.25) is 4.79 Å².